The molecule has 2 rings (SSSR count). The number of hydrogen-bond acceptors (Lipinski definition) is 4. The average molecular weight is 521 g/mol. The van der Waals surface area contributed by atoms with E-state index in [9.17, 15) is 18.0 Å². The molecule has 11 heteroatoms. The zero-order valence-electron chi connectivity index (χ0n) is 18.0. The Bertz CT molecular complexity index is 1130. The Balaban J connectivity index is 2.42. The largest absolute Gasteiger partial charge is 0.357 e. The number of nitrogens with zero attached hydrogens (tertiary/aromatic N) is 2. The first-order valence-corrected chi connectivity index (χ1v) is 12.5. The molecule has 2 amide bonds. The van der Waals surface area contributed by atoms with Crippen molar-refractivity contribution in [3.63, 3.8) is 0 Å². The summed E-state index contributed by atoms with van der Waals surface area (Å²) in [6.45, 7) is 2.85. The summed E-state index contributed by atoms with van der Waals surface area (Å²) in [4.78, 5) is 26.9. The smallest absolute Gasteiger partial charge is 0.244 e. The van der Waals surface area contributed by atoms with Crippen molar-refractivity contribution in [1.29, 1.82) is 0 Å². The lowest BCUT2D eigenvalue weighted by atomic mass is 10.1. The molecule has 0 saturated carbocycles. The highest BCUT2D eigenvalue weighted by atomic mass is 35.5. The molecule has 7 nitrogen and oxygen atoms in total. The fourth-order valence-electron chi connectivity index (χ4n) is 2.98. The third kappa shape index (κ3) is 6.51. The number of carbonyl (C=O) groups excluding carboxylic acids is 2. The van der Waals surface area contributed by atoms with E-state index in [0.717, 1.165) is 16.1 Å². The van der Waals surface area contributed by atoms with E-state index < -0.39 is 34.4 Å². The van der Waals surface area contributed by atoms with E-state index in [1.807, 2.05) is 0 Å². The number of carbonyl (C=O) groups is 2. The monoisotopic (exact) mass is 519 g/mol. The van der Waals surface area contributed by atoms with Gasteiger partial charge in [0.05, 0.1) is 22.0 Å². The van der Waals surface area contributed by atoms with Gasteiger partial charge in [-0.15, -0.1) is 0 Å². The SMILES string of the molecule is CNC(=O)[C@H](C)N(Cc1ccc(Cl)c(Cl)c1)C(=O)CN(c1ccc(C)c(Cl)c1)S(C)(=O)=O. The Morgan fingerprint density at radius 1 is 1.03 bits per heavy atom. The van der Waals surface area contributed by atoms with E-state index in [0.29, 0.717) is 20.6 Å². The molecule has 174 valence electrons. The number of likely N-dealkylation sites (N-methyl/N-ethyl adjacent to an activating group) is 1. The lowest BCUT2D eigenvalue weighted by molar-refractivity contribution is -0.139. The molecule has 1 atom stereocenters. The van der Waals surface area contributed by atoms with Gasteiger partial charge in [0.1, 0.15) is 12.6 Å². The number of anilines is 1. The standard InChI is InChI=1S/C21H24Cl3N3O4S/c1-13-5-7-16(10-18(13)23)27(32(4,30)31)12-20(28)26(14(2)21(29)25-3)11-15-6-8-17(22)19(24)9-15/h5-10,14H,11-12H2,1-4H3,(H,25,29)/t14-/m0/s1. The van der Waals surface area contributed by atoms with E-state index in [2.05, 4.69) is 5.32 Å². The van der Waals surface area contributed by atoms with Crippen LogP contribution in [0.1, 0.15) is 18.1 Å². The van der Waals surface area contributed by atoms with Gasteiger partial charge in [0, 0.05) is 18.6 Å². The summed E-state index contributed by atoms with van der Waals surface area (Å²) in [5.41, 5.74) is 1.65. The summed E-state index contributed by atoms with van der Waals surface area (Å²) in [5.74, 6) is -0.975. The molecule has 0 aromatic heterocycles. The molecule has 0 aliphatic heterocycles. The van der Waals surface area contributed by atoms with Crippen molar-refractivity contribution in [3.8, 4) is 0 Å². The lowest BCUT2D eigenvalue weighted by Crippen LogP contribution is -2.50. The molecule has 0 bridgehead atoms. The van der Waals surface area contributed by atoms with E-state index >= 15 is 0 Å². The third-order valence-corrected chi connectivity index (χ3v) is 7.16. The van der Waals surface area contributed by atoms with Crippen LogP contribution in [0.15, 0.2) is 36.4 Å². The van der Waals surface area contributed by atoms with Gasteiger partial charge in [0.2, 0.25) is 21.8 Å². The number of benzene rings is 2. The van der Waals surface area contributed by atoms with Crippen molar-refractivity contribution in [3.05, 3.63) is 62.6 Å². The van der Waals surface area contributed by atoms with Crippen LogP contribution in [0.25, 0.3) is 0 Å². The summed E-state index contributed by atoms with van der Waals surface area (Å²) in [5, 5.41) is 3.53. The Morgan fingerprint density at radius 2 is 1.69 bits per heavy atom. The van der Waals surface area contributed by atoms with Gasteiger partial charge in [-0.05, 0) is 49.2 Å². The van der Waals surface area contributed by atoms with Crippen molar-refractivity contribution in [2.45, 2.75) is 26.4 Å². The number of halogens is 3. The van der Waals surface area contributed by atoms with Crippen molar-refractivity contribution >= 4 is 62.3 Å². The maximum absolute atomic E-state index is 13.3. The molecular weight excluding hydrogens is 497 g/mol. The third-order valence-electron chi connectivity index (χ3n) is 4.87. The lowest BCUT2D eigenvalue weighted by Gasteiger charge is -2.31. The van der Waals surface area contributed by atoms with Gasteiger partial charge >= 0.3 is 0 Å². The minimum atomic E-state index is -3.82. The van der Waals surface area contributed by atoms with Crippen LogP contribution in [0.4, 0.5) is 5.69 Å². The van der Waals surface area contributed by atoms with Crippen LogP contribution in [-0.2, 0) is 26.2 Å². The second-order valence-electron chi connectivity index (χ2n) is 7.26. The first kappa shape index (κ1) is 26.3. The molecule has 0 heterocycles. The number of sulfonamides is 1. The molecule has 0 fully saturated rings. The highest BCUT2D eigenvalue weighted by Gasteiger charge is 2.30. The maximum atomic E-state index is 13.3. The summed E-state index contributed by atoms with van der Waals surface area (Å²) >= 11 is 18.2. The number of nitrogens with one attached hydrogen (secondary N) is 1. The minimum absolute atomic E-state index is 0.0244. The molecule has 0 aliphatic carbocycles. The van der Waals surface area contributed by atoms with Crippen LogP contribution < -0.4 is 9.62 Å². The molecule has 32 heavy (non-hydrogen) atoms. The van der Waals surface area contributed by atoms with Gasteiger partial charge in [-0.1, -0.05) is 46.9 Å². The molecule has 0 saturated heterocycles. The fraction of sp³-hybridized carbons (Fsp3) is 0.333. The second-order valence-corrected chi connectivity index (χ2v) is 10.4. The van der Waals surface area contributed by atoms with Gasteiger partial charge in [-0.2, -0.15) is 0 Å². The number of amides is 2. The fourth-order valence-corrected chi connectivity index (χ4v) is 4.31. The zero-order chi connectivity index (χ0) is 24.2. The first-order valence-electron chi connectivity index (χ1n) is 9.54. The average Bonchev–Trinajstić information content (AvgIpc) is 2.72. The van der Waals surface area contributed by atoms with Gasteiger partial charge in [0.25, 0.3) is 0 Å². The molecule has 0 aliphatic rings. The first-order chi connectivity index (χ1) is 14.8. The van der Waals surface area contributed by atoms with Gasteiger partial charge in [0.15, 0.2) is 0 Å². The predicted octanol–water partition coefficient (Wildman–Crippen LogP) is 3.88. The maximum Gasteiger partial charge on any atom is 0.244 e. The molecule has 0 spiro atoms. The van der Waals surface area contributed by atoms with E-state index in [-0.39, 0.29) is 12.2 Å². The van der Waals surface area contributed by atoms with Gasteiger partial charge < -0.3 is 10.2 Å². The predicted molar refractivity (Wildman–Crippen MR) is 129 cm³/mol. The minimum Gasteiger partial charge on any atom is -0.357 e. The van der Waals surface area contributed by atoms with E-state index in [1.54, 1.807) is 44.2 Å². The Hall–Kier alpha value is -2.00. The van der Waals surface area contributed by atoms with Crippen LogP contribution in [-0.4, -0.2) is 51.0 Å². The Morgan fingerprint density at radius 3 is 2.22 bits per heavy atom. The molecule has 1 N–H and O–H groups in total. The summed E-state index contributed by atoms with van der Waals surface area (Å²) in [6.07, 6.45) is 1.000. The summed E-state index contributed by atoms with van der Waals surface area (Å²) in [7, 11) is -2.37. The van der Waals surface area contributed by atoms with Crippen LogP contribution >= 0.6 is 34.8 Å². The second kappa shape index (κ2) is 10.7. The quantitative estimate of drug-likeness (QED) is 0.572. The molecule has 2 aromatic rings. The highest BCUT2D eigenvalue weighted by molar-refractivity contribution is 7.92. The molecular formula is C21H24Cl3N3O4S. The van der Waals surface area contributed by atoms with Crippen LogP contribution in [0.2, 0.25) is 15.1 Å². The molecule has 0 radical (unpaired) electrons. The Labute approximate surface area is 203 Å². The van der Waals surface area contributed by atoms with Gasteiger partial charge in [-0.25, -0.2) is 8.42 Å². The van der Waals surface area contributed by atoms with E-state index in [4.69, 9.17) is 34.8 Å². The number of hydrogen-bond donors (Lipinski definition) is 1. The molecule has 0 unspecified atom stereocenters. The van der Waals surface area contributed by atoms with Crippen LogP contribution in [0.3, 0.4) is 0 Å². The normalized spacial score (nSPS) is 12.2. The van der Waals surface area contributed by atoms with E-state index in [1.165, 1.54) is 18.0 Å². The van der Waals surface area contributed by atoms with Crippen LogP contribution in [0, 0.1) is 6.92 Å². The van der Waals surface area contributed by atoms with Crippen molar-refractivity contribution in [1.82, 2.24) is 10.2 Å². The van der Waals surface area contributed by atoms with Crippen LogP contribution in [0.5, 0.6) is 0 Å². The Kier molecular flexibility index (Phi) is 8.82. The number of rotatable bonds is 8. The number of aryl methyl sites for hydroxylation is 1. The van der Waals surface area contributed by atoms with Crippen molar-refractivity contribution in [2.75, 3.05) is 24.2 Å². The van der Waals surface area contributed by atoms with Gasteiger partial charge in [-0.3, -0.25) is 13.9 Å². The topological polar surface area (TPSA) is 86.8 Å². The van der Waals surface area contributed by atoms with Crippen molar-refractivity contribution in [2.24, 2.45) is 0 Å². The van der Waals surface area contributed by atoms with Crippen molar-refractivity contribution < 1.29 is 18.0 Å². The summed E-state index contributed by atoms with van der Waals surface area (Å²) in [6, 6.07) is 8.71. The zero-order valence-corrected chi connectivity index (χ0v) is 21.1. The summed E-state index contributed by atoms with van der Waals surface area (Å²) < 4.78 is 25.9. The highest BCUT2D eigenvalue weighted by Crippen LogP contribution is 2.26. The molecule has 2 aromatic carbocycles.